The number of pyridine rings is 1. The Hall–Kier alpha value is -4.24. The van der Waals surface area contributed by atoms with Crippen LogP contribution in [0.25, 0.3) is 27.8 Å². The molecule has 8 nitrogen and oxygen atoms in total. The SMILES string of the molecule is Cc1nc2c(c(-c3ccccc3)cn2-c2ccc(S(=O)(=O)Nc3ccccn3)cc2)c(=O)[nH]1. The summed E-state index contributed by atoms with van der Waals surface area (Å²) in [5.41, 5.74) is 2.58. The standard InChI is InChI=1S/C24H19N5O3S/c1-16-26-23-22(24(30)27-16)20(17-7-3-2-4-8-17)15-29(23)18-10-12-19(13-11-18)33(31,32)28-21-9-5-6-14-25-21/h2-15H,1H3,(H,25,28)(H,26,27,30). The molecular weight excluding hydrogens is 438 g/mol. The second kappa shape index (κ2) is 8.03. The molecule has 0 aliphatic rings. The van der Waals surface area contributed by atoms with Crippen molar-refractivity contribution in [1.29, 1.82) is 0 Å². The quantitative estimate of drug-likeness (QED) is 0.416. The smallest absolute Gasteiger partial charge is 0.263 e. The molecule has 0 unspecified atom stereocenters. The maximum Gasteiger partial charge on any atom is 0.263 e. The fourth-order valence-corrected chi connectivity index (χ4v) is 4.69. The lowest BCUT2D eigenvalue weighted by molar-refractivity contribution is 0.601. The number of hydrogen-bond donors (Lipinski definition) is 2. The number of hydrogen-bond acceptors (Lipinski definition) is 5. The molecule has 0 saturated carbocycles. The Morgan fingerprint density at radius 1 is 0.939 bits per heavy atom. The first-order valence-corrected chi connectivity index (χ1v) is 11.6. The Kier molecular flexibility index (Phi) is 5.02. The summed E-state index contributed by atoms with van der Waals surface area (Å²) in [4.78, 5) is 24.2. The average molecular weight is 458 g/mol. The van der Waals surface area contributed by atoms with Gasteiger partial charge in [-0.1, -0.05) is 36.4 Å². The maximum absolute atomic E-state index is 12.8. The van der Waals surface area contributed by atoms with Crippen LogP contribution in [0.1, 0.15) is 5.82 Å². The van der Waals surface area contributed by atoms with Crippen molar-refractivity contribution >= 4 is 26.9 Å². The molecule has 5 rings (SSSR count). The van der Waals surface area contributed by atoms with Crippen LogP contribution in [0.5, 0.6) is 0 Å². The third kappa shape index (κ3) is 3.90. The third-order valence-corrected chi connectivity index (χ3v) is 6.56. The van der Waals surface area contributed by atoms with E-state index < -0.39 is 10.0 Å². The van der Waals surface area contributed by atoms with Gasteiger partial charge in [-0.15, -0.1) is 0 Å². The second-order valence-electron chi connectivity index (χ2n) is 7.44. The molecule has 0 aliphatic carbocycles. The average Bonchev–Trinajstić information content (AvgIpc) is 3.20. The zero-order valence-corrected chi connectivity index (χ0v) is 18.4. The molecule has 33 heavy (non-hydrogen) atoms. The minimum absolute atomic E-state index is 0.0960. The van der Waals surface area contributed by atoms with Crippen LogP contribution in [0.4, 0.5) is 5.82 Å². The number of fused-ring (bicyclic) bond motifs is 1. The molecule has 3 heterocycles. The number of sulfonamides is 1. The lowest BCUT2D eigenvalue weighted by Gasteiger charge is -2.09. The number of H-pyrrole nitrogens is 1. The van der Waals surface area contributed by atoms with Gasteiger partial charge in [-0.05, 0) is 48.9 Å². The zero-order chi connectivity index (χ0) is 23.0. The normalized spacial score (nSPS) is 11.5. The summed E-state index contributed by atoms with van der Waals surface area (Å²) in [6.07, 6.45) is 3.36. The molecule has 0 aliphatic heterocycles. The summed E-state index contributed by atoms with van der Waals surface area (Å²) in [5, 5.41) is 0.473. The van der Waals surface area contributed by atoms with Crippen LogP contribution in [-0.4, -0.2) is 27.9 Å². The summed E-state index contributed by atoms with van der Waals surface area (Å²) in [7, 11) is -3.80. The molecule has 0 radical (unpaired) electrons. The van der Waals surface area contributed by atoms with E-state index in [9.17, 15) is 13.2 Å². The van der Waals surface area contributed by atoms with E-state index in [2.05, 4.69) is 19.7 Å². The van der Waals surface area contributed by atoms with Gasteiger partial charge in [0, 0.05) is 23.6 Å². The van der Waals surface area contributed by atoms with Crippen LogP contribution in [0.2, 0.25) is 0 Å². The van der Waals surface area contributed by atoms with Gasteiger partial charge in [0.25, 0.3) is 15.6 Å². The van der Waals surface area contributed by atoms with E-state index in [1.165, 1.54) is 18.3 Å². The number of rotatable bonds is 5. The van der Waals surface area contributed by atoms with Gasteiger partial charge in [0.05, 0.1) is 10.3 Å². The van der Waals surface area contributed by atoms with Crippen LogP contribution < -0.4 is 10.3 Å². The van der Waals surface area contributed by atoms with Gasteiger partial charge in [0.1, 0.15) is 11.6 Å². The first-order chi connectivity index (χ1) is 15.9. The van der Waals surface area contributed by atoms with Gasteiger partial charge >= 0.3 is 0 Å². The molecule has 9 heteroatoms. The van der Waals surface area contributed by atoms with Crippen LogP contribution in [-0.2, 0) is 10.0 Å². The van der Waals surface area contributed by atoms with Crippen molar-refractivity contribution in [3.8, 4) is 16.8 Å². The van der Waals surface area contributed by atoms with Crippen LogP contribution in [0, 0.1) is 6.92 Å². The van der Waals surface area contributed by atoms with Crippen molar-refractivity contribution < 1.29 is 8.42 Å². The first-order valence-electron chi connectivity index (χ1n) is 10.1. The monoisotopic (exact) mass is 457 g/mol. The Labute approximate surface area is 189 Å². The predicted molar refractivity (Wildman–Crippen MR) is 127 cm³/mol. The third-order valence-electron chi connectivity index (χ3n) is 5.19. The molecule has 0 bridgehead atoms. The predicted octanol–water partition coefficient (Wildman–Crippen LogP) is 3.89. The molecule has 3 aromatic heterocycles. The highest BCUT2D eigenvalue weighted by atomic mass is 32.2. The van der Waals surface area contributed by atoms with Crippen molar-refractivity contribution in [2.75, 3.05) is 4.72 Å². The number of aromatic nitrogens is 4. The molecule has 5 aromatic rings. The van der Waals surface area contributed by atoms with Gasteiger partial charge in [-0.3, -0.25) is 9.52 Å². The summed E-state index contributed by atoms with van der Waals surface area (Å²) < 4.78 is 29.7. The van der Waals surface area contributed by atoms with Crippen LogP contribution in [0.15, 0.2) is 94.9 Å². The van der Waals surface area contributed by atoms with Gasteiger partial charge < -0.3 is 9.55 Å². The van der Waals surface area contributed by atoms with Gasteiger partial charge in [-0.25, -0.2) is 18.4 Å². The topological polar surface area (TPSA) is 110 Å². The van der Waals surface area contributed by atoms with E-state index in [4.69, 9.17) is 0 Å². The minimum atomic E-state index is -3.80. The number of benzene rings is 2. The van der Waals surface area contributed by atoms with Gasteiger partial charge in [0.2, 0.25) is 0 Å². The van der Waals surface area contributed by atoms with Crippen LogP contribution in [0.3, 0.4) is 0 Å². The molecular formula is C24H19N5O3S. The second-order valence-corrected chi connectivity index (χ2v) is 9.13. The Bertz CT molecular complexity index is 1610. The van der Waals surface area contributed by atoms with Crippen molar-refractivity contribution in [3.05, 3.63) is 101 Å². The van der Waals surface area contributed by atoms with Crippen molar-refractivity contribution in [2.24, 2.45) is 0 Å². The lowest BCUT2D eigenvalue weighted by atomic mass is 10.1. The number of aromatic amines is 1. The minimum Gasteiger partial charge on any atom is -0.310 e. The highest BCUT2D eigenvalue weighted by Gasteiger charge is 2.18. The summed E-state index contributed by atoms with van der Waals surface area (Å²) in [6, 6.07) is 20.9. The molecule has 0 amide bonds. The van der Waals surface area contributed by atoms with Gasteiger partial charge in [-0.2, -0.15) is 0 Å². The fraction of sp³-hybridized carbons (Fsp3) is 0.0417. The Morgan fingerprint density at radius 2 is 1.67 bits per heavy atom. The highest BCUT2D eigenvalue weighted by molar-refractivity contribution is 7.92. The van der Waals surface area contributed by atoms with E-state index in [1.54, 1.807) is 41.8 Å². The summed E-state index contributed by atoms with van der Waals surface area (Å²) >= 11 is 0. The van der Waals surface area contributed by atoms with Crippen molar-refractivity contribution in [2.45, 2.75) is 11.8 Å². The molecule has 0 spiro atoms. The molecule has 0 fully saturated rings. The largest absolute Gasteiger partial charge is 0.310 e. The van der Waals surface area contributed by atoms with E-state index in [0.717, 1.165) is 11.1 Å². The molecule has 2 N–H and O–H groups in total. The Morgan fingerprint density at radius 3 is 2.36 bits per heavy atom. The summed E-state index contributed by atoms with van der Waals surface area (Å²) in [5.74, 6) is 0.731. The summed E-state index contributed by atoms with van der Waals surface area (Å²) in [6.45, 7) is 1.72. The van der Waals surface area contributed by atoms with Crippen molar-refractivity contribution in [1.82, 2.24) is 19.5 Å². The van der Waals surface area contributed by atoms with Crippen molar-refractivity contribution in [3.63, 3.8) is 0 Å². The van der Waals surface area contributed by atoms with E-state index in [-0.39, 0.29) is 16.3 Å². The highest BCUT2D eigenvalue weighted by Crippen LogP contribution is 2.30. The number of nitrogens with one attached hydrogen (secondary N) is 2. The van der Waals surface area contributed by atoms with E-state index in [1.807, 2.05) is 36.5 Å². The maximum atomic E-state index is 12.8. The van der Waals surface area contributed by atoms with E-state index in [0.29, 0.717) is 22.5 Å². The number of aryl methyl sites for hydroxylation is 1. The number of anilines is 1. The van der Waals surface area contributed by atoms with Gasteiger partial charge in [0.15, 0.2) is 5.65 Å². The first kappa shape index (κ1) is 20.7. The van der Waals surface area contributed by atoms with E-state index >= 15 is 0 Å². The molecule has 0 saturated heterocycles. The zero-order valence-electron chi connectivity index (χ0n) is 17.6. The number of nitrogens with zero attached hydrogens (tertiary/aromatic N) is 3. The lowest BCUT2D eigenvalue weighted by Crippen LogP contribution is -2.14. The molecule has 164 valence electrons. The Balaban J connectivity index is 1.60. The fourth-order valence-electron chi connectivity index (χ4n) is 3.68. The molecule has 2 aromatic carbocycles. The van der Waals surface area contributed by atoms with Crippen LogP contribution >= 0.6 is 0 Å². The molecule has 0 atom stereocenters.